The van der Waals surface area contributed by atoms with Gasteiger partial charge in [-0.25, -0.2) is 8.42 Å². The second-order valence-corrected chi connectivity index (χ2v) is 8.55. The third-order valence-electron chi connectivity index (χ3n) is 4.09. The summed E-state index contributed by atoms with van der Waals surface area (Å²) in [5.74, 6) is 0. The Morgan fingerprint density at radius 3 is 2.05 bits per heavy atom. The van der Waals surface area contributed by atoms with Gasteiger partial charge in [-0.3, -0.25) is 0 Å². The summed E-state index contributed by atoms with van der Waals surface area (Å²) >= 11 is 0. The summed E-state index contributed by atoms with van der Waals surface area (Å²) < 4.78 is 32.1. The van der Waals surface area contributed by atoms with Gasteiger partial charge in [0.25, 0.3) is 0 Å². The van der Waals surface area contributed by atoms with Gasteiger partial charge < -0.3 is 4.74 Å². The molecule has 0 radical (unpaired) electrons. The molecule has 0 aliphatic carbocycles. The Kier molecular flexibility index (Phi) is 4.76. The molecule has 5 heteroatoms. The van der Waals surface area contributed by atoms with Gasteiger partial charge in [0.05, 0.1) is 11.0 Å². The lowest BCUT2D eigenvalue weighted by Gasteiger charge is -2.30. The molecule has 0 atom stereocenters. The van der Waals surface area contributed by atoms with E-state index in [-0.39, 0.29) is 11.5 Å². The molecule has 0 saturated carbocycles. The van der Waals surface area contributed by atoms with Crippen molar-refractivity contribution in [3.63, 3.8) is 0 Å². The van der Waals surface area contributed by atoms with Gasteiger partial charge in [-0.2, -0.15) is 4.31 Å². The molecular weight excluding hydrogens is 286 g/mol. The monoisotopic (exact) mass is 311 g/mol. The van der Waals surface area contributed by atoms with Gasteiger partial charge in [0, 0.05) is 20.2 Å². The average molecular weight is 311 g/mol. The van der Waals surface area contributed by atoms with Crippen molar-refractivity contribution in [3.8, 4) is 0 Å². The van der Waals surface area contributed by atoms with Crippen LogP contribution in [0.1, 0.15) is 39.2 Å². The van der Waals surface area contributed by atoms with E-state index in [1.165, 1.54) is 0 Å². The minimum Gasteiger partial charge on any atom is -0.381 e. The van der Waals surface area contributed by atoms with Gasteiger partial charge in [-0.1, -0.05) is 32.9 Å². The Morgan fingerprint density at radius 1 is 1.10 bits per heavy atom. The van der Waals surface area contributed by atoms with Gasteiger partial charge in [0.1, 0.15) is 0 Å². The minimum absolute atomic E-state index is 0.0269. The normalized spacial score (nSPS) is 18.9. The number of rotatable bonds is 3. The molecular formula is C16H25NO3S. The highest BCUT2D eigenvalue weighted by Crippen LogP contribution is 2.26. The van der Waals surface area contributed by atoms with Crippen LogP contribution >= 0.6 is 0 Å². The Bertz CT molecular complexity index is 565. The van der Waals surface area contributed by atoms with E-state index < -0.39 is 10.0 Å². The van der Waals surface area contributed by atoms with E-state index in [2.05, 4.69) is 20.8 Å². The van der Waals surface area contributed by atoms with Crippen molar-refractivity contribution in [3.05, 3.63) is 29.8 Å². The molecule has 2 rings (SSSR count). The second-order valence-electron chi connectivity index (χ2n) is 6.61. The molecule has 1 aliphatic rings. The van der Waals surface area contributed by atoms with E-state index in [1.54, 1.807) is 23.5 Å². The highest BCUT2D eigenvalue weighted by atomic mass is 32.2. The van der Waals surface area contributed by atoms with Crippen molar-refractivity contribution in [1.82, 2.24) is 4.31 Å². The largest absolute Gasteiger partial charge is 0.381 e. The van der Waals surface area contributed by atoms with Gasteiger partial charge >= 0.3 is 0 Å². The number of benzene rings is 1. The number of methoxy groups -OCH3 is 1. The van der Waals surface area contributed by atoms with Gasteiger partial charge in [0.15, 0.2) is 0 Å². The molecule has 1 fully saturated rings. The van der Waals surface area contributed by atoms with Crippen LogP contribution in [0.3, 0.4) is 0 Å². The predicted molar refractivity (Wildman–Crippen MR) is 83.9 cm³/mol. The zero-order chi connectivity index (χ0) is 15.7. The SMILES string of the molecule is COC1CCN(S(=O)(=O)c2ccc(C(C)(C)C)cc2)CC1. The highest BCUT2D eigenvalue weighted by molar-refractivity contribution is 7.89. The van der Waals surface area contributed by atoms with Crippen molar-refractivity contribution >= 4 is 10.0 Å². The maximum Gasteiger partial charge on any atom is 0.243 e. The standard InChI is InChI=1S/C16H25NO3S/c1-16(2,3)13-5-7-15(8-6-13)21(18,19)17-11-9-14(20-4)10-12-17/h5-8,14H,9-12H2,1-4H3. The van der Waals surface area contributed by atoms with Crippen LogP contribution in [-0.2, 0) is 20.2 Å². The summed E-state index contributed by atoms with van der Waals surface area (Å²) in [5, 5.41) is 0. The maximum absolute atomic E-state index is 12.6. The Labute approximate surface area is 128 Å². The maximum atomic E-state index is 12.6. The van der Waals surface area contributed by atoms with Crippen LogP contribution in [0, 0.1) is 0 Å². The summed E-state index contributed by atoms with van der Waals surface area (Å²) in [4.78, 5) is 0.381. The molecule has 1 aromatic rings. The fourth-order valence-electron chi connectivity index (χ4n) is 2.58. The third-order valence-corrected chi connectivity index (χ3v) is 6.01. The van der Waals surface area contributed by atoms with E-state index in [4.69, 9.17) is 4.74 Å². The zero-order valence-corrected chi connectivity index (χ0v) is 14.1. The Morgan fingerprint density at radius 2 is 1.62 bits per heavy atom. The summed E-state index contributed by atoms with van der Waals surface area (Å²) in [5.41, 5.74) is 1.17. The first-order valence-electron chi connectivity index (χ1n) is 7.38. The molecule has 118 valence electrons. The quantitative estimate of drug-likeness (QED) is 0.862. The molecule has 0 unspecified atom stereocenters. The minimum atomic E-state index is -3.38. The number of nitrogens with zero attached hydrogens (tertiary/aromatic N) is 1. The van der Waals surface area contributed by atoms with Gasteiger partial charge in [-0.05, 0) is 36.0 Å². The molecule has 1 aromatic carbocycles. The third kappa shape index (κ3) is 3.65. The van der Waals surface area contributed by atoms with Crippen molar-refractivity contribution in [1.29, 1.82) is 0 Å². The molecule has 0 aromatic heterocycles. The number of sulfonamides is 1. The predicted octanol–water partition coefficient (Wildman–Crippen LogP) is 2.78. The molecule has 0 bridgehead atoms. The van der Waals surface area contributed by atoms with Crippen LogP contribution in [0.25, 0.3) is 0 Å². The van der Waals surface area contributed by atoms with Crippen LogP contribution in [0.4, 0.5) is 0 Å². The summed E-state index contributed by atoms with van der Waals surface area (Å²) in [6, 6.07) is 7.26. The highest BCUT2D eigenvalue weighted by Gasteiger charge is 2.29. The van der Waals surface area contributed by atoms with Crippen LogP contribution in [0.5, 0.6) is 0 Å². The fourth-order valence-corrected chi connectivity index (χ4v) is 4.05. The van der Waals surface area contributed by atoms with Gasteiger partial charge in [0.2, 0.25) is 10.0 Å². The van der Waals surface area contributed by atoms with Crippen molar-refractivity contribution in [2.24, 2.45) is 0 Å². The fraction of sp³-hybridized carbons (Fsp3) is 0.625. The molecule has 1 saturated heterocycles. The van der Waals surface area contributed by atoms with E-state index >= 15 is 0 Å². The number of hydrogen-bond acceptors (Lipinski definition) is 3. The summed E-state index contributed by atoms with van der Waals surface area (Å²) in [6.45, 7) is 7.41. The second kappa shape index (κ2) is 6.07. The smallest absolute Gasteiger partial charge is 0.243 e. The first-order valence-corrected chi connectivity index (χ1v) is 8.82. The summed E-state index contributed by atoms with van der Waals surface area (Å²) in [7, 11) is -1.70. The zero-order valence-electron chi connectivity index (χ0n) is 13.3. The van der Waals surface area contributed by atoms with Crippen molar-refractivity contribution in [2.45, 2.75) is 50.0 Å². The first-order chi connectivity index (χ1) is 9.75. The number of piperidine rings is 1. The average Bonchev–Trinajstić information content (AvgIpc) is 2.46. The van der Waals surface area contributed by atoms with Crippen molar-refractivity contribution in [2.75, 3.05) is 20.2 Å². The van der Waals surface area contributed by atoms with Gasteiger partial charge in [-0.15, -0.1) is 0 Å². The molecule has 21 heavy (non-hydrogen) atoms. The van der Waals surface area contributed by atoms with Crippen molar-refractivity contribution < 1.29 is 13.2 Å². The molecule has 1 aliphatic heterocycles. The first kappa shape index (κ1) is 16.5. The molecule has 1 heterocycles. The van der Waals surface area contributed by atoms with Crippen LogP contribution in [0.15, 0.2) is 29.2 Å². The van der Waals surface area contributed by atoms with E-state index in [0.717, 1.165) is 18.4 Å². The number of hydrogen-bond donors (Lipinski definition) is 0. The topological polar surface area (TPSA) is 46.6 Å². The Hall–Kier alpha value is -0.910. The van der Waals surface area contributed by atoms with Crippen LogP contribution in [0.2, 0.25) is 0 Å². The van der Waals surface area contributed by atoms with E-state index in [0.29, 0.717) is 18.0 Å². The lowest BCUT2D eigenvalue weighted by Crippen LogP contribution is -2.40. The molecule has 0 N–H and O–H groups in total. The van der Waals surface area contributed by atoms with Crippen LogP contribution in [-0.4, -0.2) is 39.0 Å². The van der Waals surface area contributed by atoms with E-state index in [1.807, 2.05) is 12.1 Å². The van der Waals surface area contributed by atoms with Crippen LogP contribution < -0.4 is 0 Å². The lowest BCUT2D eigenvalue weighted by atomic mass is 9.87. The molecule has 0 amide bonds. The van der Waals surface area contributed by atoms with E-state index in [9.17, 15) is 8.42 Å². The molecule has 0 spiro atoms. The Balaban J connectivity index is 2.17. The molecule has 4 nitrogen and oxygen atoms in total. The lowest BCUT2D eigenvalue weighted by molar-refractivity contribution is 0.0604. The number of ether oxygens (including phenoxy) is 1. The summed E-state index contributed by atoms with van der Waals surface area (Å²) in [6.07, 6.45) is 1.70.